The Balaban J connectivity index is 0.848. The second-order valence-electron chi connectivity index (χ2n) is 18.6. The van der Waals surface area contributed by atoms with Gasteiger partial charge in [-0.05, 0) is 161 Å². The number of nitrogens with zero attached hydrogens (tertiary/aromatic N) is 11. The predicted octanol–water partition coefficient (Wildman–Crippen LogP) is 2.05. The van der Waals surface area contributed by atoms with Gasteiger partial charge in [-0.1, -0.05) is 36.4 Å². The second-order valence-corrected chi connectivity index (χ2v) is 20.7. The molecule has 3 aromatic heterocycles. The van der Waals surface area contributed by atoms with E-state index in [2.05, 4.69) is 73.1 Å². The van der Waals surface area contributed by atoms with Crippen molar-refractivity contribution in [2.75, 3.05) is 40.3 Å². The molecule has 2 aliphatic heterocycles. The van der Waals surface area contributed by atoms with Crippen LogP contribution in [0.3, 0.4) is 0 Å². The number of aromatic nitrogens is 10. The Labute approximate surface area is 444 Å². The van der Waals surface area contributed by atoms with Crippen LogP contribution in [-0.2, 0) is 32.3 Å². The fraction of sp³-hybridized carbons (Fsp3) is 0.531. The van der Waals surface area contributed by atoms with Gasteiger partial charge in [0, 0.05) is 42.0 Å². The summed E-state index contributed by atoms with van der Waals surface area (Å²) in [6.07, 6.45) is 5.93. The van der Waals surface area contributed by atoms with Gasteiger partial charge in [0.2, 0.25) is 33.9 Å². The van der Waals surface area contributed by atoms with Crippen LogP contribution in [0.2, 0.25) is 0 Å². The number of unbranched alkanes of at least 4 members (excludes halogenated alkanes) is 2. The highest BCUT2D eigenvalue weighted by atomic mass is 32.2. The minimum atomic E-state index is -0.780. The molecule has 2 aromatic carbocycles. The lowest BCUT2D eigenvalue weighted by atomic mass is 10.1. The third-order valence-electron chi connectivity index (χ3n) is 13.3. The van der Waals surface area contributed by atoms with Crippen molar-refractivity contribution in [3.8, 4) is 0 Å². The smallest absolute Gasteiger partial charge is 0.271 e. The molecule has 75 heavy (non-hydrogen) atoms. The lowest BCUT2D eigenvalue weighted by Gasteiger charge is -2.30. The standard InChI is InChI=1S/C49H68N18O6S2/c1-32(50-3)42(68)54-38(46(72)64-27-15-17-34(64)30-66-48(58-60-62-66)74-36-19-7-5-8-20-36)23-11-13-25-52-44(70)40-29-41(57-56-40)45(71)53-26-14-12-24-39(55-43(69)33(2)51-4)47(73)65-28-16-18-35(65)31-67-49(59-61-63-67)75-37-21-9-6-10-22-37/h5-10,19-22,29,32-35,38-39,50-51H,11-18,23-28,30-31H2,1-4H3,(H,52,70)(H,53,71)(H,54,68)(H,55,69)(H,56,57)/t32-,33-,34-,35-,38-,39-/m0/s1. The lowest BCUT2D eigenvalue weighted by molar-refractivity contribution is -0.138. The van der Waals surface area contributed by atoms with Gasteiger partial charge >= 0.3 is 0 Å². The van der Waals surface area contributed by atoms with E-state index in [0.29, 0.717) is 75.0 Å². The summed E-state index contributed by atoms with van der Waals surface area (Å²) in [6.45, 7) is 5.92. The van der Waals surface area contributed by atoms with Gasteiger partial charge in [-0.2, -0.15) is 5.10 Å². The van der Waals surface area contributed by atoms with E-state index in [1.165, 1.54) is 29.6 Å². The second kappa shape index (κ2) is 28.2. The van der Waals surface area contributed by atoms with E-state index in [1.54, 1.807) is 37.3 Å². The molecule has 0 radical (unpaired) electrons. The van der Waals surface area contributed by atoms with Crippen LogP contribution in [-0.4, -0.2) is 172 Å². The average molecular weight is 1070 g/mol. The Kier molecular flexibility index (Phi) is 21.1. The number of H-pyrrole nitrogens is 1. The molecule has 7 rings (SSSR count). The van der Waals surface area contributed by atoms with Gasteiger partial charge in [-0.3, -0.25) is 33.9 Å². The fourth-order valence-electron chi connectivity index (χ4n) is 8.85. The number of hydrogen-bond acceptors (Lipinski definition) is 17. The number of likely N-dealkylation sites (tertiary alicyclic amines) is 2. The van der Waals surface area contributed by atoms with Crippen LogP contribution in [0.5, 0.6) is 0 Å². The van der Waals surface area contributed by atoms with Gasteiger partial charge in [0.15, 0.2) is 5.69 Å². The number of likely N-dealkylation sites (N-methyl/N-ethyl adjacent to an activating group) is 2. The number of carbonyl (C=O) groups is 6. The molecule has 6 atom stereocenters. The zero-order chi connectivity index (χ0) is 53.1. The van der Waals surface area contributed by atoms with Crippen LogP contribution < -0.4 is 31.9 Å². The predicted molar refractivity (Wildman–Crippen MR) is 278 cm³/mol. The fourth-order valence-corrected chi connectivity index (χ4v) is 10.4. The van der Waals surface area contributed by atoms with Crippen LogP contribution in [0.15, 0.2) is 86.8 Å². The summed E-state index contributed by atoms with van der Waals surface area (Å²) in [5.41, 5.74) is 0.141. The van der Waals surface area contributed by atoms with Gasteiger partial charge in [0.05, 0.1) is 37.3 Å². The maximum Gasteiger partial charge on any atom is 0.271 e. The van der Waals surface area contributed by atoms with Crippen molar-refractivity contribution in [1.82, 2.24) is 92.3 Å². The van der Waals surface area contributed by atoms with Crippen molar-refractivity contribution in [2.45, 2.75) is 148 Å². The number of aromatic amines is 1. The third-order valence-corrected chi connectivity index (χ3v) is 15.3. The Morgan fingerprint density at radius 2 is 1.09 bits per heavy atom. The monoisotopic (exact) mass is 1070 g/mol. The minimum absolute atomic E-state index is 0.0360. The van der Waals surface area contributed by atoms with Crippen molar-refractivity contribution in [2.24, 2.45) is 0 Å². The van der Waals surface area contributed by atoms with Crippen molar-refractivity contribution in [3.05, 3.63) is 78.1 Å². The van der Waals surface area contributed by atoms with E-state index in [-0.39, 0.29) is 60.2 Å². The summed E-state index contributed by atoms with van der Waals surface area (Å²) in [5, 5.41) is 50.0. The maximum absolute atomic E-state index is 14.2. The molecule has 7 N–H and O–H groups in total. The van der Waals surface area contributed by atoms with E-state index in [9.17, 15) is 28.8 Å². The Bertz CT molecular complexity index is 2480. The zero-order valence-electron chi connectivity index (χ0n) is 42.8. The van der Waals surface area contributed by atoms with Crippen molar-refractivity contribution in [3.63, 3.8) is 0 Å². The molecule has 6 amide bonds. The van der Waals surface area contributed by atoms with Crippen LogP contribution in [0.25, 0.3) is 0 Å². The largest absolute Gasteiger partial charge is 0.351 e. The van der Waals surface area contributed by atoms with Crippen molar-refractivity contribution < 1.29 is 28.8 Å². The van der Waals surface area contributed by atoms with Crippen LogP contribution in [0, 0.1) is 0 Å². The molecule has 2 fully saturated rings. The normalized spacial score (nSPS) is 17.0. The first-order valence-corrected chi connectivity index (χ1v) is 27.2. The molecule has 0 bridgehead atoms. The number of nitrogens with one attached hydrogen (secondary N) is 7. The van der Waals surface area contributed by atoms with Gasteiger partial charge in [-0.25, -0.2) is 9.36 Å². The maximum atomic E-state index is 14.2. The highest BCUT2D eigenvalue weighted by Gasteiger charge is 2.37. The topological polar surface area (TPSA) is 297 Å². The van der Waals surface area contributed by atoms with E-state index < -0.39 is 36.0 Å². The van der Waals surface area contributed by atoms with Crippen molar-refractivity contribution >= 4 is 59.0 Å². The minimum Gasteiger partial charge on any atom is -0.351 e. The molecule has 0 spiro atoms. The molecule has 26 heteroatoms. The Morgan fingerprint density at radius 1 is 0.640 bits per heavy atom. The molecule has 0 saturated carbocycles. The molecule has 2 aliphatic rings. The summed E-state index contributed by atoms with van der Waals surface area (Å²) in [4.78, 5) is 86.3. The summed E-state index contributed by atoms with van der Waals surface area (Å²) >= 11 is 2.89. The van der Waals surface area contributed by atoms with Gasteiger partial charge in [0.1, 0.15) is 17.8 Å². The van der Waals surface area contributed by atoms with E-state index >= 15 is 0 Å². The Morgan fingerprint density at radius 3 is 1.55 bits per heavy atom. The number of benzene rings is 2. The zero-order valence-corrected chi connectivity index (χ0v) is 44.4. The molecule has 402 valence electrons. The summed E-state index contributed by atoms with van der Waals surface area (Å²) in [6, 6.07) is 18.1. The molecule has 0 aliphatic carbocycles. The van der Waals surface area contributed by atoms with Gasteiger partial charge < -0.3 is 41.7 Å². The average Bonchev–Trinajstić information content (AvgIpc) is 4.31. The molecular weight excluding hydrogens is 1000 g/mol. The number of amides is 6. The highest BCUT2D eigenvalue weighted by Crippen LogP contribution is 2.29. The molecule has 2 saturated heterocycles. The first-order chi connectivity index (χ1) is 36.4. The van der Waals surface area contributed by atoms with Crippen molar-refractivity contribution in [1.29, 1.82) is 0 Å². The summed E-state index contributed by atoms with van der Waals surface area (Å²) in [7, 11) is 3.36. The molecule has 24 nitrogen and oxygen atoms in total. The highest BCUT2D eigenvalue weighted by molar-refractivity contribution is 7.99. The lowest BCUT2D eigenvalue weighted by Crippen LogP contribution is -2.53. The molecule has 0 unspecified atom stereocenters. The quantitative estimate of drug-likeness (QED) is 0.0353. The first kappa shape index (κ1) is 56.0. The number of tetrazole rings is 2. The van der Waals surface area contributed by atoms with E-state index in [1.807, 2.05) is 70.5 Å². The van der Waals surface area contributed by atoms with Crippen LogP contribution in [0.1, 0.15) is 99.0 Å². The van der Waals surface area contributed by atoms with E-state index in [4.69, 9.17) is 0 Å². The first-order valence-electron chi connectivity index (χ1n) is 25.6. The van der Waals surface area contributed by atoms with Gasteiger partial charge in [-0.15, -0.1) is 10.2 Å². The van der Waals surface area contributed by atoms with Gasteiger partial charge in [0.25, 0.3) is 11.8 Å². The van der Waals surface area contributed by atoms with Crippen LogP contribution in [0.4, 0.5) is 0 Å². The summed E-state index contributed by atoms with van der Waals surface area (Å²) < 4.78 is 3.44. The molecular formula is C49H68N18O6S2. The molecule has 5 heterocycles. The van der Waals surface area contributed by atoms with Crippen LogP contribution >= 0.6 is 23.5 Å². The number of rotatable bonds is 28. The third kappa shape index (κ3) is 15.9. The number of carbonyl (C=O) groups excluding carboxylic acids is 6. The Hall–Kier alpha value is -6.77. The van der Waals surface area contributed by atoms with E-state index in [0.717, 1.165) is 35.5 Å². The molecule has 5 aromatic rings. The SMILES string of the molecule is CN[C@@H](C)C(=O)N[C@@H](CCCCNC(=O)c1cc(C(=O)NCCCC[C@H](NC(=O)[C@H](C)NC)C(=O)N2CCC[C@H]2Cn2nnnc2Sc2ccccc2)[nH]n1)C(=O)N1CCC[C@H]1Cn1nnnc1Sc1ccccc1. The summed E-state index contributed by atoms with van der Waals surface area (Å²) in [5.74, 6) is -1.86. The number of hydrogen-bond donors (Lipinski definition) is 7.